The minimum atomic E-state index is 0.134. The Morgan fingerprint density at radius 1 is 1.27 bits per heavy atom. The number of carbonyl (C=O) groups excluding carboxylic acids is 1. The molecule has 2 atom stereocenters. The molecule has 11 heavy (non-hydrogen) atoms. The fourth-order valence-corrected chi connectivity index (χ4v) is 1.84. The van der Waals surface area contributed by atoms with Crippen LogP contribution in [0.25, 0.3) is 0 Å². The van der Waals surface area contributed by atoms with Crippen LogP contribution < -0.4 is 5.73 Å². The summed E-state index contributed by atoms with van der Waals surface area (Å²) in [4.78, 5) is 11.1. The molecule has 0 heterocycles. The Hall–Kier alpha value is -0.370. The summed E-state index contributed by atoms with van der Waals surface area (Å²) in [7, 11) is 0. The van der Waals surface area contributed by atoms with Crippen LogP contribution in [-0.2, 0) is 4.79 Å². The predicted octanol–water partition coefficient (Wildman–Crippen LogP) is 1.48. The van der Waals surface area contributed by atoms with E-state index in [1.165, 1.54) is 19.3 Å². The van der Waals surface area contributed by atoms with Crippen LogP contribution in [0.5, 0.6) is 0 Å². The van der Waals surface area contributed by atoms with Crippen LogP contribution in [-0.4, -0.2) is 11.8 Å². The largest absolute Gasteiger partial charge is 0.327 e. The molecule has 0 spiro atoms. The van der Waals surface area contributed by atoms with E-state index >= 15 is 0 Å². The van der Waals surface area contributed by atoms with E-state index < -0.39 is 0 Å². The Bertz CT molecular complexity index is 144. The van der Waals surface area contributed by atoms with Gasteiger partial charge in [0.05, 0.1) is 0 Å². The van der Waals surface area contributed by atoms with Crippen molar-refractivity contribution in [3.05, 3.63) is 0 Å². The van der Waals surface area contributed by atoms with Gasteiger partial charge in [-0.25, -0.2) is 0 Å². The van der Waals surface area contributed by atoms with E-state index in [4.69, 9.17) is 5.73 Å². The Morgan fingerprint density at radius 3 is 2.55 bits per heavy atom. The van der Waals surface area contributed by atoms with E-state index in [9.17, 15) is 4.79 Å². The van der Waals surface area contributed by atoms with Gasteiger partial charge in [-0.3, -0.25) is 4.79 Å². The van der Waals surface area contributed by atoms with Crippen molar-refractivity contribution >= 4 is 5.78 Å². The number of Topliss-reactive ketones (excluding diaryl/α,β-unsaturated/α-hetero) is 1. The van der Waals surface area contributed by atoms with Crippen molar-refractivity contribution in [1.29, 1.82) is 0 Å². The third kappa shape index (κ3) is 2.29. The van der Waals surface area contributed by atoms with Gasteiger partial charge in [-0.2, -0.15) is 0 Å². The average Bonchev–Trinajstić information content (AvgIpc) is 2.13. The monoisotopic (exact) mass is 155 g/mol. The summed E-state index contributed by atoms with van der Waals surface area (Å²) in [6.45, 7) is 1.66. The van der Waals surface area contributed by atoms with E-state index in [2.05, 4.69) is 0 Å². The standard InChI is InChI=1S/C9H17NO/c1-7(11)8-5-3-2-4-6-9(8)10/h8-9H,2-6,10H2,1H3/t8-,9-/m0/s1. The van der Waals surface area contributed by atoms with Crippen LogP contribution >= 0.6 is 0 Å². The highest BCUT2D eigenvalue weighted by molar-refractivity contribution is 5.79. The molecule has 0 bridgehead atoms. The first-order valence-electron chi connectivity index (χ1n) is 4.48. The van der Waals surface area contributed by atoms with Gasteiger partial charge in [-0.15, -0.1) is 0 Å². The summed E-state index contributed by atoms with van der Waals surface area (Å²) in [6, 6.07) is 0.134. The highest BCUT2D eigenvalue weighted by Crippen LogP contribution is 2.22. The van der Waals surface area contributed by atoms with E-state index in [0.717, 1.165) is 12.8 Å². The van der Waals surface area contributed by atoms with E-state index in [1.807, 2.05) is 0 Å². The first-order valence-corrected chi connectivity index (χ1v) is 4.48. The number of hydrogen-bond donors (Lipinski definition) is 1. The van der Waals surface area contributed by atoms with Crippen molar-refractivity contribution in [3.63, 3.8) is 0 Å². The third-order valence-corrected chi connectivity index (χ3v) is 2.59. The van der Waals surface area contributed by atoms with Gasteiger partial charge in [0.15, 0.2) is 0 Å². The van der Waals surface area contributed by atoms with Gasteiger partial charge in [0.25, 0.3) is 0 Å². The highest BCUT2D eigenvalue weighted by Gasteiger charge is 2.23. The van der Waals surface area contributed by atoms with E-state index in [-0.39, 0.29) is 17.7 Å². The lowest BCUT2D eigenvalue weighted by molar-refractivity contribution is -0.121. The van der Waals surface area contributed by atoms with Gasteiger partial charge in [0.2, 0.25) is 0 Å². The molecule has 0 aliphatic heterocycles. The summed E-state index contributed by atoms with van der Waals surface area (Å²) in [5, 5.41) is 0. The van der Waals surface area contributed by atoms with Gasteiger partial charge < -0.3 is 5.73 Å². The molecule has 0 amide bonds. The zero-order valence-electron chi connectivity index (χ0n) is 7.18. The molecular weight excluding hydrogens is 138 g/mol. The van der Waals surface area contributed by atoms with Crippen LogP contribution in [0.15, 0.2) is 0 Å². The molecule has 2 heteroatoms. The Kier molecular flexibility index (Phi) is 3.06. The van der Waals surface area contributed by atoms with Crippen LogP contribution in [0.2, 0.25) is 0 Å². The minimum Gasteiger partial charge on any atom is -0.327 e. The maximum Gasteiger partial charge on any atom is 0.134 e. The van der Waals surface area contributed by atoms with Crippen LogP contribution in [0.1, 0.15) is 39.0 Å². The average molecular weight is 155 g/mol. The van der Waals surface area contributed by atoms with Crippen LogP contribution in [0, 0.1) is 5.92 Å². The first-order chi connectivity index (χ1) is 5.22. The van der Waals surface area contributed by atoms with Gasteiger partial charge >= 0.3 is 0 Å². The van der Waals surface area contributed by atoms with Crippen molar-refractivity contribution in [3.8, 4) is 0 Å². The molecule has 0 saturated heterocycles. The smallest absolute Gasteiger partial charge is 0.134 e. The molecule has 2 nitrogen and oxygen atoms in total. The number of ketones is 1. The van der Waals surface area contributed by atoms with Gasteiger partial charge in [-0.1, -0.05) is 19.3 Å². The zero-order chi connectivity index (χ0) is 8.27. The van der Waals surface area contributed by atoms with E-state index in [1.54, 1.807) is 6.92 Å². The lowest BCUT2D eigenvalue weighted by Gasteiger charge is -2.17. The Balaban J connectivity index is 2.52. The maximum atomic E-state index is 11.1. The van der Waals surface area contributed by atoms with E-state index in [0.29, 0.717) is 0 Å². The maximum absolute atomic E-state index is 11.1. The fraction of sp³-hybridized carbons (Fsp3) is 0.889. The third-order valence-electron chi connectivity index (χ3n) is 2.59. The normalized spacial score (nSPS) is 32.9. The van der Waals surface area contributed by atoms with Gasteiger partial charge in [0.1, 0.15) is 5.78 Å². The molecule has 1 saturated carbocycles. The summed E-state index contributed by atoms with van der Waals surface area (Å²) >= 11 is 0. The second kappa shape index (κ2) is 3.86. The fourth-order valence-electron chi connectivity index (χ4n) is 1.84. The molecule has 1 aliphatic carbocycles. The molecule has 0 aromatic rings. The van der Waals surface area contributed by atoms with Crippen LogP contribution in [0.4, 0.5) is 0 Å². The number of carbonyl (C=O) groups is 1. The number of hydrogen-bond acceptors (Lipinski definition) is 2. The van der Waals surface area contributed by atoms with Crippen molar-refractivity contribution < 1.29 is 4.79 Å². The minimum absolute atomic E-state index is 0.134. The molecule has 0 aromatic carbocycles. The predicted molar refractivity (Wildman–Crippen MR) is 45.2 cm³/mol. The Morgan fingerprint density at radius 2 is 1.91 bits per heavy atom. The number of nitrogens with two attached hydrogens (primary N) is 1. The zero-order valence-corrected chi connectivity index (χ0v) is 7.18. The molecule has 64 valence electrons. The Labute approximate surface area is 68.2 Å². The molecule has 1 rings (SSSR count). The highest BCUT2D eigenvalue weighted by atomic mass is 16.1. The number of rotatable bonds is 1. The van der Waals surface area contributed by atoms with Crippen LogP contribution in [0.3, 0.4) is 0 Å². The second-order valence-corrected chi connectivity index (χ2v) is 3.52. The van der Waals surface area contributed by atoms with Crippen molar-refractivity contribution in [2.45, 2.75) is 45.1 Å². The SMILES string of the molecule is CC(=O)[C@@H]1CCCCC[C@@H]1N. The molecular formula is C9H17NO. The summed E-state index contributed by atoms with van der Waals surface area (Å²) in [5.74, 6) is 0.428. The molecule has 0 unspecified atom stereocenters. The van der Waals surface area contributed by atoms with Gasteiger partial charge in [0, 0.05) is 12.0 Å². The lowest BCUT2D eigenvalue weighted by atomic mass is 9.92. The van der Waals surface area contributed by atoms with Crippen molar-refractivity contribution in [2.24, 2.45) is 11.7 Å². The molecule has 1 fully saturated rings. The van der Waals surface area contributed by atoms with Crippen molar-refractivity contribution in [2.75, 3.05) is 0 Å². The summed E-state index contributed by atoms with van der Waals surface area (Å²) in [6.07, 6.45) is 5.67. The first kappa shape index (κ1) is 8.72. The quantitative estimate of drug-likeness (QED) is 0.583. The summed E-state index contributed by atoms with van der Waals surface area (Å²) < 4.78 is 0. The lowest BCUT2D eigenvalue weighted by Crippen LogP contribution is -2.33. The molecule has 0 radical (unpaired) electrons. The molecule has 2 N–H and O–H groups in total. The van der Waals surface area contributed by atoms with Crippen molar-refractivity contribution in [1.82, 2.24) is 0 Å². The second-order valence-electron chi connectivity index (χ2n) is 3.52. The topological polar surface area (TPSA) is 43.1 Å². The molecule has 0 aromatic heterocycles. The van der Waals surface area contributed by atoms with Gasteiger partial charge in [-0.05, 0) is 19.8 Å². The summed E-state index contributed by atoms with van der Waals surface area (Å²) in [5.41, 5.74) is 5.86. The molecule has 1 aliphatic rings.